The Morgan fingerprint density at radius 3 is 2.62 bits per heavy atom. The van der Waals surface area contributed by atoms with E-state index in [0.29, 0.717) is 39.1 Å². The Hall–Kier alpha value is -1.93. The summed E-state index contributed by atoms with van der Waals surface area (Å²) in [5, 5.41) is 7.60. The third-order valence-electron chi connectivity index (χ3n) is 4.85. The van der Waals surface area contributed by atoms with Crippen molar-refractivity contribution in [3.63, 3.8) is 0 Å². The topological polar surface area (TPSA) is 79.7 Å². The molecular formula is C16H25N5O3. The van der Waals surface area contributed by atoms with Gasteiger partial charge in [-0.2, -0.15) is 5.10 Å². The number of carbonyl (C=O) groups is 2. The van der Waals surface area contributed by atoms with Crippen LogP contribution in [-0.2, 0) is 19.9 Å². The number of nitrogens with zero attached hydrogens (tertiary/aromatic N) is 4. The second-order valence-electron chi connectivity index (χ2n) is 6.39. The van der Waals surface area contributed by atoms with E-state index < -0.39 is 5.54 Å². The molecule has 0 bridgehead atoms. The summed E-state index contributed by atoms with van der Waals surface area (Å²) in [6, 6.07) is 1.83. The number of likely N-dealkylation sites (N-methyl/N-ethyl adjacent to an activating group) is 1. The van der Waals surface area contributed by atoms with Gasteiger partial charge in [-0.1, -0.05) is 0 Å². The van der Waals surface area contributed by atoms with Crippen molar-refractivity contribution >= 4 is 11.8 Å². The van der Waals surface area contributed by atoms with E-state index >= 15 is 0 Å². The maximum absolute atomic E-state index is 13.2. The lowest BCUT2D eigenvalue weighted by Gasteiger charge is -2.39. The third-order valence-corrected chi connectivity index (χ3v) is 4.85. The van der Waals surface area contributed by atoms with E-state index in [0.717, 1.165) is 13.1 Å². The van der Waals surface area contributed by atoms with Gasteiger partial charge in [0.15, 0.2) is 0 Å². The van der Waals surface area contributed by atoms with Crippen LogP contribution in [0.5, 0.6) is 0 Å². The van der Waals surface area contributed by atoms with Crippen molar-refractivity contribution in [1.29, 1.82) is 0 Å². The summed E-state index contributed by atoms with van der Waals surface area (Å²) in [4.78, 5) is 28.9. The summed E-state index contributed by atoms with van der Waals surface area (Å²) in [6.45, 7) is 3.92. The zero-order valence-electron chi connectivity index (χ0n) is 14.1. The first kappa shape index (κ1) is 16.9. The first-order valence-corrected chi connectivity index (χ1v) is 8.45. The predicted molar refractivity (Wildman–Crippen MR) is 87.3 cm³/mol. The van der Waals surface area contributed by atoms with E-state index in [1.165, 1.54) is 0 Å². The van der Waals surface area contributed by atoms with Crippen LogP contribution < -0.4 is 5.32 Å². The van der Waals surface area contributed by atoms with E-state index in [1.54, 1.807) is 27.7 Å². The smallest absolute Gasteiger partial charge is 0.250 e. The Labute approximate surface area is 141 Å². The van der Waals surface area contributed by atoms with Crippen LogP contribution in [0.3, 0.4) is 0 Å². The summed E-state index contributed by atoms with van der Waals surface area (Å²) in [5.41, 5.74) is -0.700. The van der Waals surface area contributed by atoms with Crippen molar-refractivity contribution in [2.24, 2.45) is 0 Å². The maximum Gasteiger partial charge on any atom is 0.250 e. The van der Waals surface area contributed by atoms with Crippen molar-refractivity contribution < 1.29 is 14.3 Å². The van der Waals surface area contributed by atoms with Crippen molar-refractivity contribution in [2.75, 3.05) is 53.0 Å². The van der Waals surface area contributed by atoms with Crippen LogP contribution in [0.25, 0.3) is 0 Å². The van der Waals surface area contributed by atoms with Crippen molar-refractivity contribution in [3.05, 3.63) is 18.5 Å². The van der Waals surface area contributed by atoms with Gasteiger partial charge in [0.1, 0.15) is 5.54 Å². The highest BCUT2D eigenvalue weighted by Crippen LogP contribution is 2.29. The number of rotatable bonds is 4. The molecule has 8 nitrogen and oxygen atoms in total. The minimum atomic E-state index is -0.700. The Kier molecular flexibility index (Phi) is 5.15. The standard InChI is InChI=1S/C16H25N5O3/c1-19(13-14(22)20-9-11-24-12-10-20)15(23)16(3-6-17-7-4-16)21-8-2-5-18-21/h2,5,8,17H,3-4,6-7,9-13H2,1H3. The summed E-state index contributed by atoms with van der Waals surface area (Å²) in [7, 11) is 1.70. The summed E-state index contributed by atoms with van der Waals surface area (Å²) < 4.78 is 7.03. The quantitative estimate of drug-likeness (QED) is 0.785. The Morgan fingerprint density at radius 1 is 1.29 bits per heavy atom. The molecular weight excluding hydrogens is 310 g/mol. The van der Waals surface area contributed by atoms with E-state index in [9.17, 15) is 9.59 Å². The van der Waals surface area contributed by atoms with E-state index in [-0.39, 0.29) is 18.4 Å². The maximum atomic E-state index is 13.2. The highest BCUT2D eigenvalue weighted by molar-refractivity contribution is 5.89. The number of morpholine rings is 1. The number of piperidine rings is 1. The largest absolute Gasteiger partial charge is 0.378 e. The van der Waals surface area contributed by atoms with Crippen LogP contribution in [0.4, 0.5) is 0 Å². The average Bonchev–Trinajstić information content (AvgIpc) is 3.17. The minimum absolute atomic E-state index is 0.0290. The van der Waals surface area contributed by atoms with Gasteiger partial charge in [-0.3, -0.25) is 14.3 Å². The number of amides is 2. The monoisotopic (exact) mass is 335 g/mol. The molecule has 0 aliphatic carbocycles. The molecule has 1 aromatic heterocycles. The lowest BCUT2D eigenvalue weighted by atomic mass is 9.87. The van der Waals surface area contributed by atoms with Crippen LogP contribution in [0.1, 0.15) is 12.8 Å². The molecule has 0 atom stereocenters. The average molecular weight is 335 g/mol. The second-order valence-corrected chi connectivity index (χ2v) is 6.39. The van der Waals surface area contributed by atoms with Gasteiger partial charge in [0, 0.05) is 32.5 Å². The van der Waals surface area contributed by atoms with E-state index in [2.05, 4.69) is 10.4 Å². The number of carbonyl (C=O) groups excluding carboxylic acids is 2. The van der Waals surface area contributed by atoms with Gasteiger partial charge in [0.05, 0.1) is 19.8 Å². The molecule has 3 heterocycles. The van der Waals surface area contributed by atoms with E-state index in [4.69, 9.17) is 4.74 Å². The normalized spacial score (nSPS) is 20.6. The fourth-order valence-corrected chi connectivity index (χ4v) is 3.45. The van der Waals surface area contributed by atoms with Crippen molar-refractivity contribution in [2.45, 2.75) is 18.4 Å². The van der Waals surface area contributed by atoms with Crippen LogP contribution in [0.2, 0.25) is 0 Å². The molecule has 24 heavy (non-hydrogen) atoms. The SMILES string of the molecule is CN(CC(=O)N1CCOCC1)C(=O)C1(n2cccn2)CCNCC1. The molecule has 2 amide bonds. The van der Waals surface area contributed by atoms with Crippen LogP contribution >= 0.6 is 0 Å². The van der Waals surface area contributed by atoms with Gasteiger partial charge in [-0.25, -0.2) is 0 Å². The van der Waals surface area contributed by atoms with Crippen molar-refractivity contribution in [3.8, 4) is 0 Å². The number of aromatic nitrogens is 2. The zero-order valence-corrected chi connectivity index (χ0v) is 14.1. The first-order chi connectivity index (χ1) is 11.6. The fraction of sp³-hybridized carbons (Fsp3) is 0.688. The molecule has 2 aliphatic heterocycles. The minimum Gasteiger partial charge on any atom is -0.378 e. The van der Waals surface area contributed by atoms with Gasteiger partial charge in [0.2, 0.25) is 5.91 Å². The van der Waals surface area contributed by atoms with Crippen LogP contribution in [-0.4, -0.2) is 84.4 Å². The molecule has 2 saturated heterocycles. The number of hydrogen-bond acceptors (Lipinski definition) is 5. The van der Waals surface area contributed by atoms with Gasteiger partial charge >= 0.3 is 0 Å². The lowest BCUT2D eigenvalue weighted by Crippen LogP contribution is -2.56. The van der Waals surface area contributed by atoms with Gasteiger partial charge in [0.25, 0.3) is 5.91 Å². The molecule has 2 aliphatic rings. The Morgan fingerprint density at radius 2 is 2.00 bits per heavy atom. The molecule has 0 spiro atoms. The highest BCUT2D eigenvalue weighted by Gasteiger charge is 2.44. The molecule has 8 heteroatoms. The zero-order chi connectivity index (χ0) is 17.0. The molecule has 1 aromatic rings. The fourth-order valence-electron chi connectivity index (χ4n) is 3.45. The third kappa shape index (κ3) is 3.29. The summed E-state index contributed by atoms with van der Waals surface area (Å²) >= 11 is 0. The molecule has 0 unspecified atom stereocenters. The molecule has 1 N–H and O–H groups in total. The Bertz CT molecular complexity index is 562. The van der Waals surface area contributed by atoms with Crippen LogP contribution in [0.15, 0.2) is 18.5 Å². The number of hydrogen-bond donors (Lipinski definition) is 1. The summed E-state index contributed by atoms with van der Waals surface area (Å²) in [6.07, 6.45) is 4.87. The molecule has 0 aromatic carbocycles. The molecule has 132 valence electrons. The van der Waals surface area contributed by atoms with Gasteiger partial charge < -0.3 is 19.9 Å². The van der Waals surface area contributed by atoms with Crippen LogP contribution in [0, 0.1) is 0 Å². The summed E-state index contributed by atoms with van der Waals surface area (Å²) in [5.74, 6) is -0.0759. The number of nitrogens with one attached hydrogen (secondary N) is 1. The van der Waals surface area contributed by atoms with Gasteiger partial charge in [-0.05, 0) is 32.0 Å². The number of ether oxygens (including phenoxy) is 1. The van der Waals surface area contributed by atoms with E-state index in [1.807, 2.05) is 12.3 Å². The molecule has 2 fully saturated rings. The predicted octanol–water partition coefficient (Wildman–Crippen LogP) is -0.721. The first-order valence-electron chi connectivity index (χ1n) is 8.45. The lowest BCUT2D eigenvalue weighted by molar-refractivity contribution is -0.148. The molecule has 3 rings (SSSR count). The van der Waals surface area contributed by atoms with Gasteiger partial charge in [-0.15, -0.1) is 0 Å². The second kappa shape index (κ2) is 7.31. The molecule has 0 saturated carbocycles. The Balaban J connectivity index is 1.71. The van der Waals surface area contributed by atoms with Crippen molar-refractivity contribution in [1.82, 2.24) is 24.9 Å². The highest BCUT2D eigenvalue weighted by atomic mass is 16.5. The molecule has 0 radical (unpaired) electrons.